The molecule has 0 saturated carbocycles. The van der Waals surface area contributed by atoms with Gasteiger partial charge in [0.05, 0.1) is 0 Å². The van der Waals surface area contributed by atoms with E-state index in [2.05, 4.69) is 0 Å². The summed E-state index contributed by atoms with van der Waals surface area (Å²) in [5, 5.41) is 17.7. The molecule has 5 heteroatoms. The van der Waals surface area contributed by atoms with Crippen molar-refractivity contribution in [2.75, 3.05) is 4.90 Å². The van der Waals surface area contributed by atoms with Gasteiger partial charge >= 0.3 is 5.97 Å². The first-order valence-electron chi connectivity index (χ1n) is 5.49. The maximum Gasteiger partial charge on any atom is 0.347 e. The Morgan fingerprint density at radius 3 is 2.94 bits per heavy atom. The summed E-state index contributed by atoms with van der Waals surface area (Å²) in [5.41, 5.74) is 1.31. The topological polar surface area (TPSA) is 64.3 Å². The number of carbonyl (C=O) groups is 1. The Balaban J connectivity index is 2.44. The number of carboxylic acids is 1. The zero-order valence-corrected chi connectivity index (χ0v) is 10.3. The summed E-state index contributed by atoms with van der Waals surface area (Å²) in [7, 11) is 0. The molecule has 1 aliphatic rings. The van der Waals surface area contributed by atoms with Gasteiger partial charge in [0, 0.05) is 11.9 Å². The molecule has 2 rings (SSSR count). The first-order chi connectivity index (χ1) is 8.63. The van der Waals surface area contributed by atoms with Crippen LogP contribution in [0.3, 0.4) is 0 Å². The Hall–Kier alpha value is -1.99. The normalized spacial score (nSPS) is 19.0. The minimum Gasteiger partial charge on any atom is -0.477 e. The number of nitrogens with zero attached hydrogens (tertiary/aromatic N) is 2. The van der Waals surface area contributed by atoms with Crippen LogP contribution in [-0.2, 0) is 11.2 Å². The third kappa shape index (κ3) is 2.31. The molecule has 1 aromatic carbocycles. The Morgan fingerprint density at radius 2 is 2.28 bits per heavy atom. The van der Waals surface area contributed by atoms with Crippen LogP contribution in [0.1, 0.15) is 12.0 Å². The quantitative estimate of drug-likeness (QED) is 0.385. The summed E-state index contributed by atoms with van der Waals surface area (Å²) in [6.45, 7) is 0. The zero-order chi connectivity index (χ0) is 13.1. The molecule has 1 unspecified atom stereocenters. The van der Waals surface area contributed by atoms with Gasteiger partial charge in [-0.15, -0.1) is 0 Å². The van der Waals surface area contributed by atoms with E-state index in [1.807, 2.05) is 24.3 Å². The fourth-order valence-electron chi connectivity index (χ4n) is 1.96. The number of para-hydroxylation sites is 1. The SMILES string of the molecule is N#CC(=CN1c2ccccc2CCC1Cl)C(=O)O. The van der Waals surface area contributed by atoms with Gasteiger partial charge in [-0.25, -0.2) is 4.79 Å². The van der Waals surface area contributed by atoms with Crippen LogP contribution in [-0.4, -0.2) is 16.6 Å². The molecule has 4 nitrogen and oxygen atoms in total. The Morgan fingerprint density at radius 1 is 1.56 bits per heavy atom. The molecule has 0 aliphatic carbocycles. The lowest BCUT2D eigenvalue weighted by atomic mass is 10.0. The molecule has 1 heterocycles. The third-order valence-corrected chi connectivity index (χ3v) is 3.27. The lowest BCUT2D eigenvalue weighted by Crippen LogP contribution is -2.31. The van der Waals surface area contributed by atoms with Crippen LogP contribution in [0.25, 0.3) is 0 Å². The highest BCUT2D eigenvalue weighted by molar-refractivity contribution is 6.22. The fraction of sp³-hybridized carbons (Fsp3) is 0.231. The highest BCUT2D eigenvalue weighted by Gasteiger charge is 2.24. The molecule has 1 N–H and O–H groups in total. The number of anilines is 1. The van der Waals surface area contributed by atoms with Crippen molar-refractivity contribution in [2.45, 2.75) is 18.3 Å². The predicted octanol–water partition coefficient (Wildman–Crippen LogP) is 2.50. The Kier molecular flexibility index (Phi) is 3.54. The standard InChI is InChI=1S/C13H11ClN2O2/c14-12-6-5-9-3-1-2-4-11(9)16(12)8-10(7-15)13(17)18/h1-4,8,12H,5-6H2,(H,17,18). The lowest BCUT2D eigenvalue weighted by Gasteiger charge is -2.32. The first kappa shape index (κ1) is 12.5. The van der Waals surface area contributed by atoms with E-state index < -0.39 is 5.97 Å². The highest BCUT2D eigenvalue weighted by Crippen LogP contribution is 2.32. The van der Waals surface area contributed by atoms with Gasteiger partial charge in [-0.1, -0.05) is 29.8 Å². The van der Waals surface area contributed by atoms with E-state index in [0.717, 1.165) is 17.7 Å². The fourth-order valence-corrected chi connectivity index (χ4v) is 2.23. The molecular weight excluding hydrogens is 252 g/mol. The van der Waals surface area contributed by atoms with Crippen molar-refractivity contribution >= 4 is 23.3 Å². The van der Waals surface area contributed by atoms with E-state index in [1.165, 1.54) is 6.20 Å². The number of hydrogen-bond donors (Lipinski definition) is 1. The predicted molar refractivity (Wildman–Crippen MR) is 68.2 cm³/mol. The number of halogens is 1. The second-order valence-corrected chi connectivity index (χ2v) is 4.47. The van der Waals surface area contributed by atoms with Gasteiger partial charge < -0.3 is 10.0 Å². The molecule has 1 aromatic rings. The summed E-state index contributed by atoms with van der Waals surface area (Å²) < 4.78 is 0. The van der Waals surface area contributed by atoms with Crippen molar-refractivity contribution in [3.63, 3.8) is 0 Å². The van der Waals surface area contributed by atoms with E-state index in [4.69, 9.17) is 22.0 Å². The number of aliphatic carboxylic acids is 1. The Bertz CT molecular complexity index is 548. The largest absolute Gasteiger partial charge is 0.477 e. The van der Waals surface area contributed by atoms with Gasteiger partial charge in [0.15, 0.2) is 5.57 Å². The average molecular weight is 263 g/mol. The number of hydrogen-bond acceptors (Lipinski definition) is 3. The third-order valence-electron chi connectivity index (χ3n) is 2.84. The number of nitriles is 1. The maximum atomic E-state index is 10.9. The number of fused-ring (bicyclic) bond motifs is 1. The van der Waals surface area contributed by atoms with E-state index in [9.17, 15) is 4.79 Å². The Labute approximate surface area is 110 Å². The first-order valence-corrected chi connectivity index (χ1v) is 5.92. The van der Waals surface area contributed by atoms with Crippen LogP contribution in [0.15, 0.2) is 36.0 Å². The second-order valence-electron chi connectivity index (χ2n) is 3.97. The molecule has 0 fully saturated rings. The number of aryl methyl sites for hydroxylation is 1. The lowest BCUT2D eigenvalue weighted by molar-refractivity contribution is -0.132. The summed E-state index contributed by atoms with van der Waals surface area (Å²) in [5.74, 6) is -1.25. The summed E-state index contributed by atoms with van der Waals surface area (Å²) in [4.78, 5) is 12.5. The van der Waals surface area contributed by atoms with Gasteiger partial charge in [-0.3, -0.25) is 0 Å². The summed E-state index contributed by atoms with van der Waals surface area (Å²) in [6.07, 6.45) is 2.87. The van der Waals surface area contributed by atoms with Gasteiger partial charge in [-0.2, -0.15) is 5.26 Å². The number of rotatable bonds is 2. The molecule has 0 saturated heterocycles. The van der Waals surface area contributed by atoms with Gasteiger partial charge in [-0.05, 0) is 24.5 Å². The van der Waals surface area contributed by atoms with Crippen LogP contribution in [0.5, 0.6) is 0 Å². The van der Waals surface area contributed by atoms with Crippen molar-refractivity contribution in [2.24, 2.45) is 0 Å². The van der Waals surface area contributed by atoms with Gasteiger partial charge in [0.25, 0.3) is 0 Å². The molecular formula is C13H11ClN2O2. The molecule has 92 valence electrons. The van der Waals surface area contributed by atoms with Gasteiger partial charge in [0.1, 0.15) is 11.6 Å². The number of alkyl halides is 1. The maximum absolute atomic E-state index is 10.9. The zero-order valence-electron chi connectivity index (χ0n) is 9.51. The smallest absolute Gasteiger partial charge is 0.347 e. The molecule has 0 bridgehead atoms. The average Bonchev–Trinajstić information content (AvgIpc) is 2.37. The summed E-state index contributed by atoms with van der Waals surface area (Å²) >= 11 is 6.20. The minimum absolute atomic E-state index is 0.322. The van der Waals surface area contributed by atoms with Crippen molar-refractivity contribution in [1.82, 2.24) is 0 Å². The van der Waals surface area contributed by atoms with Crippen LogP contribution in [0, 0.1) is 11.3 Å². The number of carboxylic acid groups (broad SMARTS) is 1. The van der Waals surface area contributed by atoms with Crippen LogP contribution in [0.4, 0.5) is 5.69 Å². The minimum atomic E-state index is -1.25. The molecule has 0 radical (unpaired) electrons. The summed E-state index contributed by atoms with van der Waals surface area (Å²) in [6, 6.07) is 9.30. The van der Waals surface area contributed by atoms with Crippen molar-refractivity contribution in [3.05, 3.63) is 41.6 Å². The van der Waals surface area contributed by atoms with E-state index in [0.29, 0.717) is 6.42 Å². The molecule has 18 heavy (non-hydrogen) atoms. The van der Waals surface area contributed by atoms with Crippen LogP contribution >= 0.6 is 11.6 Å². The van der Waals surface area contributed by atoms with Crippen LogP contribution in [0.2, 0.25) is 0 Å². The van der Waals surface area contributed by atoms with Gasteiger partial charge in [0.2, 0.25) is 0 Å². The molecule has 1 atom stereocenters. The second kappa shape index (κ2) is 5.11. The van der Waals surface area contributed by atoms with E-state index >= 15 is 0 Å². The van der Waals surface area contributed by atoms with E-state index in [1.54, 1.807) is 11.0 Å². The van der Waals surface area contributed by atoms with Crippen LogP contribution < -0.4 is 4.90 Å². The molecule has 0 spiro atoms. The van der Waals surface area contributed by atoms with Crippen molar-refractivity contribution in [3.8, 4) is 6.07 Å². The van der Waals surface area contributed by atoms with Crippen molar-refractivity contribution < 1.29 is 9.90 Å². The highest BCUT2D eigenvalue weighted by atomic mass is 35.5. The van der Waals surface area contributed by atoms with E-state index in [-0.39, 0.29) is 11.1 Å². The molecule has 1 aliphatic heterocycles. The molecule has 0 aromatic heterocycles. The monoisotopic (exact) mass is 262 g/mol. The van der Waals surface area contributed by atoms with Crippen molar-refractivity contribution in [1.29, 1.82) is 5.26 Å². The number of benzene rings is 1. The molecule has 0 amide bonds.